The Morgan fingerprint density at radius 2 is 2.21 bits per heavy atom. The Kier molecular flexibility index (Phi) is 3.96. The molecule has 1 saturated carbocycles. The van der Waals surface area contributed by atoms with Crippen LogP contribution < -0.4 is 10.2 Å². The lowest BCUT2D eigenvalue weighted by Crippen LogP contribution is -2.25. The van der Waals surface area contributed by atoms with Crippen molar-refractivity contribution in [3.05, 3.63) is 28.8 Å². The number of hydrogen-bond donors (Lipinski definition) is 1. The van der Waals surface area contributed by atoms with Crippen LogP contribution in [0.4, 0.5) is 5.69 Å². The molecule has 1 N–H and O–H groups in total. The zero-order valence-corrected chi connectivity index (χ0v) is 12.1. The number of nitrogens with one attached hydrogen (secondary N) is 1. The third-order valence-electron chi connectivity index (χ3n) is 4.02. The number of hydrogen-bond acceptors (Lipinski definition) is 3. The van der Waals surface area contributed by atoms with Crippen LogP contribution in [0.3, 0.4) is 0 Å². The zero-order valence-electron chi connectivity index (χ0n) is 11.4. The maximum absolute atomic E-state index is 6.16. The number of halogens is 1. The molecule has 1 unspecified atom stereocenters. The second-order valence-electron chi connectivity index (χ2n) is 5.52. The van der Waals surface area contributed by atoms with Gasteiger partial charge < -0.3 is 15.0 Å². The standard InChI is InChI=1S/C15H21ClN2O/c1-19-14-6-7-18(10-14)15-8-12(16)3-2-11(15)9-17-13-4-5-13/h2-3,8,13-14,17H,4-7,9-10H2,1H3. The maximum atomic E-state index is 6.16. The highest BCUT2D eigenvalue weighted by molar-refractivity contribution is 6.30. The first-order chi connectivity index (χ1) is 9.26. The molecule has 0 radical (unpaired) electrons. The van der Waals surface area contributed by atoms with Crippen molar-refractivity contribution in [1.29, 1.82) is 0 Å². The molecule has 0 aromatic heterocycles. The van der Waals surface area contributed by atoms with E-state index in [1.54, 1.807) is 7.11 Å². The van der Waals surface area contributed by atoms with E-state index in [4.69, 9.17) is 16.3 Å². The SMILES string of the molecule is COC1CCN(c2cc(Cl)ccc2CNC2CC2)C1. The molecule has 1 aliphatic carbocycles. The van der Waals surface area contributed by atoms with Gasteiger partial charge in [0.15, 0.2) is 0 Å². The Balaban J connectivity index is 1.75. The summed E-state index contributed by atoms with van der Waals surface area (Å²) < 4.78 is 5.45. The number of anilines is 1. The van der Waals surface area contributed by atoms with Gasteiger partial charge in [0.1, 0.15) is 0 Å². The molecule has 1 aromatic rings. The summed E-state index contributed by atoms with van der Waals surface area (Å²) in [5.74, 6) is 0. The third-order valence-corrected chi connectivity index (χ3v) is 4.26. The number of nitrogens with zero attached hydrogens (tertiary/aromatic N) is 1. The van der Waals surface area contributed by atoms with Gasteiger partial charge in [0.05, 0.1) is 6.10 Å². The molecule has 1 atom stereocenters. The molecule has 2 aliphatic rings. The minimum Gasteiger partial charge on any atom is -0.380 e. The van der Waals surface area contributed by atoms with Gasteiger partial charge in [-0.2, -0.15) is 0 Å². The normalized spacial score (nSPS) is 23.1. The fraction of sp³-hybridized carbons (Fsp3) is 0.600. The summed E-state index contributed by atoms with van der Waals surface area (Å²) >= 11 is 6.16. The molecule has 3 nitrogen and oxygen atoms in total. The second-order valence-corrected chi connectivity index (χ2v) is 5.96. The van der Waals surface area contributed by atoms with Gasteiger partial charge >= 0.3 is 0 Å². The molecule has 1 saturated heterocycles. The summed E-state index contributed by atoms with van der Waals surface area (Å²) in [6.07, 6.45) is 4.08. The number of ether oxygens (including phenoxy) is 1. The smallest absolute Gasteiger partial charge is 0.0762 e. The average Bonchev–Trinajstić information content (AvgIpc) is 3.13. The van der Waals surface area contributed by atoms with Crippen molar-refractivity contribution < 1.29 is 4.74 Å². The van der Waals surface area contributed by atoms with Crippen LogP contribution in [0.25, 0.3) is 0 Å². The Bertz CT molecular complexity index is 448. The van der Waals surface area contributed by atoms with Crippen molar-refractivity contribution in [2.75, 3.05) is 25.1 Å². The summed E-state index contributed by atoms with van der Waals surface area (Å²) in [6.45, 7) is 2.95. The van der Waals surface area contributed by atoms with Crippen molar-refractivity contribution in [2.24, 2.45) is 0 Å². The van der Waals surface area contributed by atoms with Crippen molar-refractivity contribution in [3.63, 3.8) is 0 Å². The predicted octanol–water partition coefficient (Wildman–Crippen LogP) is 2.82. The molecule has 3 rings (SSSR count). The van der Waals surface area contributed by atoms with E-state index >= 15 is 0 Å². The summed E-state index contributed by atoms with van der Waals surface area (Å²) in [5, 5.41) is 4.39. The maximum Gasteiger partial charge on any atom is 0.0762 e. The average molecular weight is 281 g/mol. The quantitative estimate of drug-likeness (QED) is 0.898. The molecule has 0 bridgehead atoms. The van der Waals surface area contributed by atoms with E-state index in [9.17, 15) is 0 Å². The molecule has 0 spiro atoms. The van der Waals surface area contributed by atoms with Gasteiger partial charge in [-0.05, 0) is 37.0 Å². The van der Waals surface area contributed by atoms with Gasteiger partial charge in [0, 0.05) is 43.5 Å². The van der Waals surface area contributed by atoms with Crippen molar-refractivity contribution >= 4 is 17.3 Å². The first kappa shape index (κ1) is 13.2. The van der Waals surface area contributed by atoms with Crippen LogP contribution in [0, 0.1) is 0 Å². The van der Waals surface area contributed by atoms with Crippen molar-refractivity contribution in [3.8, 4) is 0 Å². The van der Waals surface area contributed by atoms with Crippen LogP contribution in [0.15, 0.2) is 18.2 Å². The summed E-state index contributed by atoms with van der Waals surface area (Å²) in [7, 11) is 1.79. The van der Waals surface area contributed by atoms with Crippen LogP contribution in [0.2, 0.25) is 5.02 Å². The highest BCUT2D eigenvalue weighted by Gasteiger charge is 2.25. The van der Waals surface area contributed by atoms with E-state index in [2.05, 4.69) is 22.3 Å². The Morgan fingerprint density at radius 1 is 1.37 bits per heavy atom. The summed E-state index contributed by atoms with van der Waals surface area (Å²) in [6, 6.07) is 6.95. The van der Waals surface area contributed by atoms with Crippen LogP contribution in [-0.4, -0.2) is 32.3 Å². The highest BCUT2D eigenvalue weighted by atomic mass is 35.5. The molecule has 2 fully saturated rings. The number of rotatable bonds is 5. The minimum absolute atomic E-state index is 0.350. The van der Waals surface area contributed by atoms with Gasteiger partial charge in [-0.25, -0.2) is 0 Å². The van der Waals surface area contributed by atoms with Gasteiger partial charge in [0.25, 0.3) is 0 Å². The Hall–Kier alpha value is -0.770. The third kappa shape index (κ3) is 3.22. The molecular weight excluding hydrogens is 260 g/mol. The Labute approximate surface area is 119 Å². The summed E-state index contributed by atoms with van der Waals surface area (Å²) in [4.78, 5) is 2.39. The molecule has 0 amide bonds. The number of methoxy groups -OCH3 is 1. The minimum atomic E-state index is 0.350. The van der Waals surface area contributed by atoms with E-state index in [0.29, 0.717) is 6.10 Å². The molecule has 4 heteroatoms. The van der Waals surface area contributed by atoms with Gasteiger partial charge in [-0.1, -0.05) is 17.7 Å². The van der Waals surface area contributed by atoms with E-state index in [1.807, 2.05) is 6.07 Å². The van der Waals surface area contributed by atoms with Crippen LogP contribution >= 0.6 is 11.6 Å². The van der Waals surface area contributed by atoms with Gasteiger partial charge in [-0.3, -0.25) is 0 Å². The van der Waals surface area contributed by atoms with Gasteiger partial charge in [-0.15, -0.1) is 0 Å². The van der Waals surface area contributed by atoms with Crippen LogP contribution in [-0.2, 0) is 11.3 Å². The van der Waals surface area contributed by atoms with E-state index in [1.165, 1.54) is 24.1 Å². The molecule has 1 aromatic carbocycles. The first-order valence-electron chi connectivity index (χ1n) is 7.06. The van der Waals surface area contributed by atoms with E-state index in [-0.39, 0.29) is 0 Å². The molecule has 1 aliphatic heterocycles. The Morgan fingerprint density at radius 3 is 2.89 bits per heavy atom. The van der Waals surface area contributed by atoms with Crippen molar-refractivity contribution in [2.45, 2.75) is 38.0 Å². The topological polar surface area (TPSA) is 24.5 Å². The predicted molar refractivity (Wildman–Crippen MR) is 78.9 cm³/mol. The van der Waals surface area contributed by atoms with Crippen molar-refractivity contribution in [1.82, 2.24) is 5.32 Å². The van der Waals surface area contributed by atoms with E-state index in [0.717, 1.165) is 37.1 Å². The first-order valence-corrected chi connectivity index (χ1v) is 7.43. The van der Waals surface area contributed by atoms with E-state index < -0.39 is 0 Å². The lowest BCUT2D eigenvalue weighted by molar-refractivity contribution is 0.121. The van der Waals surface area contributed by atoms with Gasteiger partial charge in [0.2, 0.25) is 0 Å². The van der Waals surface area contributed by atoms with Crippen LogP contribution in [0.5, 0.6) is 0 Å². The zero-order chi connectivity index (χ0) is 13.2. The second kappa shape index (κ2) is 5.70. The molecule has 19 heavy (non-hydrogen) atoms. The molecule has 1 heterocycles. The lowest BCUT2D eigenvalue weighted by Gasteiger charge is -2.22. The molecule has 104 valence electrons. The van der Waals surface area contributed by atoms with Crippen LogP contribution in [0.1, 0.15) is 24.8 Å². The fourth-order valence-electron chi connectivity index (χ4n) is 2.66. The number of benzene rings is 1. The lowest BCUT2D eigenvalue weighted by atomic mass is 10.1. The largest absolute Gasteiger partial charge is 0.380 e. The summed E-state index contributed by atoms with van der Waals surface area (Å²) in [5.41, 5.74) is 2.60. The monoisotopic (exact) mass is 280 g/mol. The molecular formula is C15H21ClN2O. The highest BCUT2D eigenvalue weighted by Crippen LogP contribution is 2.29. The fourth-order valence-corrected chi connectivity index (χ4v) is 2.83.